The van der Waals surface area contributed by atoms with Gasteiger partial charge in [0.25, 0.3) is 0 Å². The second-order valence-corrected chi connectivity index (χ2v) is 5.87. The first-order valence-electron chi connectivity index (χ1n) is 9.21. The predicted octanol–water partition coefficient (Wildman–Crippen LogP) is 5.78. The van der Waals surface area contributed by atoms with Crippen LogP contribution in [0.4, 0.5) is 0 Å². The minimum Gasteiger partial charge on any atom is -0.464 e. The molecule has 0 bridgehead atoms. The number of aldehydes is 1. The highest BCUT2D eigenvalue weighted by Gasteiger charge is 1.97. The van der Waals surface area contributed by atoms with Gasteiger partial charge in [-0.2, -0.15) is 0 Å². The van der Waals surface area contributed by atoms with Crippen LogP contribution in [0.2, 0.25) is 0 Å². The van der Waals surface area contributed by atoms with Gasteiger partial charge >= 0.3 is 0 Å². The summed E-state index contributed by atoms with van der Waals surface area (Å²) in [6, 6.07) is 0. The van der Waals surface area contributed by atoms with Crippen LogP contribution in [-0.2, 0) is 14.3 Å². The van der Waals surface area contributed by atoms with Crippen LogP contribution in [0.15, 0.2) is 11.8 Å². The van der Waals surface area contributed by atoms with Gasteiger partial charge in [-0.15, -0.1) is 0 Å². The minimum atomic E-state index is 0.189. The molecule has 0 unspecified atom stereocenters. The monoisotopic (exact) mass is 312 g/mol. The van der Waals surface area contributed by atoms with Crippen LogP contribution in [0.25, 0.3) is 0 Å². The molecule has 22 heavy (non-hydrogen) atoms. The summed E-state index contributed by atoms with van der Waals surface area (Å²) in [5.74, 6) is 0.416. The summed E-state index contributed by atoms with van der Waals surface area (Å²) in [4.78, 5) is 10.9. The molecule has 0 aliphatic carbocycles. The van der Waals surface area contributed by atoms with Gasteiger partial charge in [-0.3, -0.25) is 4.79 Å². The van der Waals surface area contributed by atoms with Gasteiger partial charge < -0.3 is 9.47 Å². The van der Waals surface area contributed by atoms with E-state index in [2.05, 4.69) is 13.8 Å². The van der Waals surface area contributed by atoms with Gasteiger partial charge in [-0.1, -0.05) is 71.6 Å². The van der Waals surface area contributed by atoms with E-state index in [1.54, 1.807) is 0 Å². The average molecular weight is 312 g/mol. The van der Waals surface area contributed by atoms with E-state index in [9.17, 15) is 4.79 Å². The Kier molecular flexibility index (Phi) is 17.5. The summed E-state index contributed by atoms with van der Waals surface area (Å²) in [6.45, 7) is 5.34. The third-order valence-electron chi connectivity index (χ3n) is 3.72. The second-order valence-electron chi connectivity index (χ2n) is 5.87. The van der Waals surface area contributed by atoms with Gasteiger partial charge in [-0.25, -0.2) is 0 Å². The molecule has 0 aliphatic heterocycles. The standard InChI is InChI=1S/C19H36O3/c1-3-5-7-9-10-11-13-15-19(17-20)22-18-21-16-14-12-8-6-4-2/h15,17H,3-14,16,18H2,1-2H3. The molecule has 3 heteroatoms. The molecule has 3 nitrogen and oxygen atoms in total. The van der Waals surface area contributed by atoms with E-state index >= 15 is 0 Å². The number of hydrogen-bond donors (Lipinski definition) is 0. The Bertz CT molecular complexity index is 261. The normalized spacial score (nSPS) is 11.6. The Balaban J connectivity index is 3.45. The number of carbonyl (C=O) groups excluding carboxylic acids is 1. The zero-order valence-electron chi connectivity index (χ0n) is 14.8. The fourth-order valence-corrected chi connectivity index (χ4v) is 2.29. The molecular weight excluding hydrogens is 276 g/mol. The van der Waals surface area contributed by atoms with Gasteiger partial charge in [-0.05, 0) is 25.3 Å². The van der Waals surface area contributed by atoms with Crippen molar-refractivity contribution in [2.75, 3.05) is 13.4 Å². The second kappa shape index (κ2) is 18.2. The molecule has 130 valence electrons. The number of rotatable bonds is 17. The van der Waals surface area contributed by atoms with Gasteiger partial charge in [0.15, 0.2) is 18.8 Å². The Labute approximate surface area is 137 Å². The SMILES string of the molecule is CCCCCCCCC=C(C=O)OCOCCCCCCC. The van der Waals surface area contributed by atoms with E-state index in [4.69, 9.17) is 9.47 Å². The molecule has 0 N–H and O–H groups in total. The number of ether oxygens (including phenoxy) is 2. The lowest BCUT2D eigenvalue weighted by Crippen LogP contribution is -2.02. The molecule has 0 radical (unpaired) electrons. The molecule has 0 heterocycles. The van der Waals surface area contributed by atoms with E-state index in [1.165, 1.54) is 57.8 Å². The third kappa shape index (κ3) is 15.6. The summed E-state index contributed by atoms with van der Waals surface area (Å²) in [5.41, 5.74) is 0. The van der Waals surface area contributed by atoms with Crippen molar-refractivity contribution in [1.82, 2.24) is 0 Å². The maximum Gasteiger partial charge on any atom is 0.189 e. The zero-order valence-corrected chi connectivity index (χ0v) is 14.8. The zero-order chi connectivity index (χ0) is 16.3. The van der Waals surface area contributed by atoms with Crippen LogP contribution in [-0.4, -0.2) is 19.7 Å². The molecule has 0 saturated heterocycles. The highest BCUT2D eigenvalue weighted by Crippen LogP contribution is 2.08. The van der Waals surface area contributed by atoms with Crippen molar-refractivity contribution in [3.05, 3.63) is 11.8 Å². The maximum atomic E-state index is 10.9. The number of allylic oxidation sites excluding steroid dienone is 2. The van der Waals surface area contributed by atoms with E-state index in [1.807, 2.05) is 6.08 Å². The van der Waals surface area contributed by atoms with E-state index in [-0.39, 0.29) is 6.79 Å². The summed E-state index contributed by atoms with van der Waals surface area (Å²) in [5, 5.41) is 0. The highest BCUT2D eigenvalue weighted by atomic mass is 16.7. The molecule has 0 saturated carbocycles. The Morgan fingerprint density at radius 1 is 0.818 bits per heavy atom. The van der Waals surface area contributed by atoms with Crippen molar-refractivity contribution < 1.29 is 14.3 Å². The fourth-order valence-electron chi connectivity index (χ4n) is 2.29. The van der Waals surface area contributed by atoms with Crippen molar-refractivity contribution in [2.45, 2.75) is 90.9 Å². The summed E-state index contributed by atoms with van der Waals surface area (Å²) in [7, 11) is 0. The van der Waals surface area contributed by atoms with Crippen molar-refractivity contribution in [3.63, 3.8) is 0 Å². The first-order chi connectivity index (χ1) is 10.8. The van der Waals surface area contributed by atoms with Crippen molar-refractivity contribution >= 4 is 6.29 Å². The van der Waals surface area contributed by atoms with Crippen molar-refractivity contribution in [2.24, 2.45) is 0 Å². The number of carbonyl (C=O) groups is 1. The largest absolute Gasteiger partial charge is 0.464 e. The van der Waals surface area contributed by atoms with E-state index < -0.39 is 0 Å². The van der Waals surface area contributed by atoms with Crippen molar-refractivity contribution in [1.29, 1.82) is 0 Å². The van der Waals surface area contributed by atoms with Gasteiger partial charge in [0, 0.05) is 0 Å². The van der Waals surface area contributed by atoms with E-state index in [0.29, 0.717) is 12.4 Å². The van der Waals surface area contributed by atoms with Crippen molar-refractivity contribution in [3.8, 4) is 0 Å². The van der Waals surface area contributed by atoms with Crippen LogP contribution in [0.5, 0.6) is 0 Å². The molecule has 0 aromatic heterocycles. The first-order valence-corrected chi connectivity index (χ1v) is 9.21. The van der Waals surface area contributed by atoms with E-state index in [0.717, 1.165) is 25.5 Å². The lowest BCUT2D eigenvalue weighted by molar-refractivity contribution is -0.111. The molecule has 0 amide bonds. The molecule has 0 spiro atoms. The van der Waals surface area contributed by atoms with Gasteiger partial charge in [0.05, 0.1) is 6.61 Å². The molecule has 0 aliphatic rings. The number of unbranched alkanes of at least 4 members (excludes halogenated alkanes) is 10. The Morgan fingerprint density at radius 2 is 1.41 bits per heavy atom. The van der Waals surface area contributed by atoms with Crippen LogP contribution in [0.1, 0.15) is 90.9 Å². The summed E-state index contributed by atoms with van der Waals surface area (Å²) >= 11 is 0. The Hall–Kier alpha value is -0.830. The highest BCUT2D eigenvalue weighted by molar-refractivity contribution is 5.69. The average Bonchev–Trinajstić information content (AvgIpc) is 2.54. The molecule has 0 rings (SSSR count). The summed E-state index contributed by atoms with van der Waals surface area (Å²) in [6.07, 6.45) is 17.3. The molecule has 0 atom stereocenters. The van der Waals surface area contributed by atoms with Gasteiger partial charge in [0.2, 0.25) is 0 Å². The lowest BCUT2D eigenvalue weighted by Gasteiger charge is -2.07. The number of hydrogen-bond acceptors (Lipinski definition) is 3. The smallest absolute Gasteiger partial charge is 0.189 e. The maximum absolute atomic E-state index is 10.9. The summed E-state index contributed by atoms with van der Waals surface area (Å²) < 4.78 is 10.7. The molecule has 0 aromatic carbocycles. The van der Waals surface area contributed by atoms with Crippen LogP contribution in [0, 0.1) is 0 Å². The molecule has 0 aromatic rings. The van der Waals surface area contributed by atoms with Gasteiger partial charge in [0.1, 0.15) is 0 Å². The molecular formula is C19H36O3. The van der Waals surface area contributed by atoms with Crippen LogP contribution in [0.3, 0.4) is 0 Å². The predicted molar refractivity (Wildman–Crippen MR) is 92.8 cm³/mol. The quantitative estimate of drug-likeness (QED) is 0.112. The van der Waals surface area contributed by atoms with Crippen LogP contribution < -0.4 is 0 Å². The minimum absolute atomic E-state index is 0.189. The third-order valence-corrected chi connectivity index (χ3v) is 3.72. The lowest BCUT2D eigenvalue weighted by atomic mass is 10.1. The molecule has 0 fully saturated rings. The topological polar surface area (TPSA) is 35.5 Å². The fraction of sp³-hybridized carbons (Fsp3) is 0.842. The Morgan fingerprint density at radius 3 is 2.05 bits per heavy atom. The van der Waals surface area contributed by atoms with Crippen LogP contribution >= 0.6 is 0 Å². The first kappa shape index (κ1) is 21.2.